The molecule has 0 fully saturated rings. The number of hydrogen-bond donors (Lipinski definition) is 2. The van der Waals surface area contributed by atoms with Gasteiger partial charge in [-0.05, 0) is 37.1 Å². The monoisotopic (exact) mass is 268 g/mol. The number of nitrogens with one attached hydrogen (secondary N) is 1. The molecule has 0 aromatic heterocycles. The maximum atomic E-state index is 13.1. The molecule has 1 aromatic rings. The van der Waals surface area contributed by atoms with E-state index >= 15 is 0 Å². The average Bonchev–Trinajstić information content (AvgIpc) is 2.38. The van der Waals surface area contributed by atoms with Crippen molar-refractivity contribution < 1.29 is 14.3 Å². The SMILES string of the molecule is CCCCN(CCO)C(=O)Nc1ccc(F)c(C)c1. The second kappa shape index (κ2) is 7.74. The number of carbonyl (C=O) groups is 1. The Balaban J connectivity index is 2.66. The molecule has 0 unspecified atom stereocenters. The highest BCUT2D eigenvalue weighted by molar-refractivity contribution is 5.89. The largest absolute Gasteiger partial charge is 0.395 e. The number of urea groups is 1. The predicted octanol–water partition coefficient (Wildman–Crippen LogP) is 2.76. The van der Waals surface area contributed by atoms with Gasteiger partial charge in [-0.3, -0.25) is 0 Å². The van der Waals surface area contributed by atoms with Gasteiger partial charge < -0.3 is 15.3 Å². The van der Waals surface area contributed by atoms with Crippen LogP contribution >= 0.6 is 0 Å². The summed E-state index contributed by atoms with van der Waals surface area (Å²) in [4.78, 5) is 13.6. The number of nitrogens with zero attached hydrogens (tertiary/aromatic N) is 1. The molecule has 0 saturated carbocycles. The molecule has 0 aliphatic carbocycles. The van der Waals surface area contributed by atoms with Gasteiger partial charge in [0.05, 0.1) is 6.61 Å². The van der Waals surface area contributed by atoms with Crippen molar-refractivity contribution in [2.24, 2.45) is 0 Å². The molecule has 0 spiro atoms. The van der Waals surface area contributed by atoms with E-state index < -0.39 is 0 Å². The highest BCUT2D eigenvalue weighted by atomic mass is 19.1. The molecule has 106 valence electrons. The Morgan fingerprint density at radius 2 is 2.16 bits per heavy atom. The number of hydrogen-bond acceptors (Lipinski definition) is 2. The first-order chi connectivity index (χ1) is 9.08. The lowest BCUT2D eigenvalue weighted by atomic mass is 10.2. The second-order valence-corrected chi connectivity index (χ2v) is 4.46. The molecule has 0 bridgehead atoms. The van der Waals surface area contributed by atoms with Gasteiger partial charge in [0.2, 0.25) is 0 Å². The van der Waals surface area contributed by atoms with E-state index in [1.165, 1.54) is 12.1 Å². The third kappa shape index (κ3) is 4.87. The number of carbonyl (C=O) groups excluding carboxylic acids is 1. The summed E-state index contributed by atoms with van der Waals surface area (Å²) in [7, 11) is 0. The normalized spacial score (nSPS) is 10.3. The molecule has 2 amide bonds. The maximum Gasteiger partial charge on any atom is 0.321 e. The van der Waals surface area contributed by atoms with Crippen LogP contribution in [0, 0.1) is 12.7 Å². The van der Waals surface area contributed by atoms with E-state index in [1.54, 1.807) is 17.9 Å². The summed E-state index contributed by atoms with van der Waals surface area (Å²) in [6.45, 7) is 4.51. The third-order valence-electron chi connectivity index (χ3n) is 2.85. The van der Waals surface area contributed by atoms with Gasteiger partial charge in [-0.2, -0.15) is 0 Å². The van der Waals surface area contributed by atoms with Crippen LogP contribution in [0.15, 0.2) is 18.2 Å². The van der Waals surface area contributed by atoms with Gasteiger partial charge >= 0.3 is 6.03 Å². The first kappa shape index (κ1) is 15.4. The fraction of sp³-hybridized carbons (Fsp3) is 0.500. The van der Waals surface area contributed by atoms with E-state index in [0.29, 0.717) is 24.3 Å². The number of benzene rings is 1. The molecule has 5 heteroatoms. The summed E-state index contributed by atoms with van der Waals surface area (Å²) < 4.78 is 13.1. The highest BCUT2D eigenvalue weighted by Crippen LogP contribution is 2.14. The summed E-state index contributed by atoms with van der Waals surface area (Å²) in [5.41, 5.74) is 1.04. The van der Waals surface area contributed by atoms with E-state index in [4.69, 9.17) is 5.11 Å². The van der Waals surface area contributed by atoms with Crippen LogP contribution in [0.3, 0.4) is 0 Å². The molecule has 0 saturated heterocycles. The first-order valence-corrected chi connectivity index (χ1v) is 6.51. The molecule has 1 rings (SSSR count). The molecule has 0 aliphatic rings. The van der Waals surface area contributed by atoms with Crippen LogP contribution in [-0.2, 0) is 0 Å². The van der Waals surface area contributed by atoms with Crippen molar-refractivity contribution in [2.45, 2.75) is 26.7 Å². The van der Waals surface area contributed by atoms with Gasteiger partial charge in [-0.15, -0.1) is 0 Å². The number of aliphatic hydroxyl groups excluding tert-OH is 1. The Kier molecular flexibility index (Phi) is 6.29. The van der Waals surface area contributed by atoms with Crippen LogP contribution in [0.1, 0.15) is 25.3 Å². The van der Waals surface area contributed by atoms with Crippen LogP contribution in [-0.4, -0.2) is 35.7 Å². The third-order valence-corrected chi connectivity index (χ3v) is 2.85. The number of anilines is 1. The number of unbranched alkanes of at least 4 members (excludes halogenated alkanes) is 1. The van der Waals surface area contributed by atoms with Crippen LogP contribution in [0.4, 0.5) is 14.9 Å². The Hall–Kier alpha value is -1.62. The van der Waals surface area contributed by atoms with Gasteiger partial charge in [0.1, 0.15) is 5.82 Å². The van der Waals surface area contributed by atoms with Crippen molar-refractivity contribution in [2.75, 3.05) is 25.0 Å². The minimum absolute atomic E-state index is 0.0699. The number of aryl methyl sites for hydroxylation is 1. The minimum Gasteiger partial charge on any atom is -0.395 e. The van der Waals surface area contributed by atoms with Crippen molar-refractivity contribution >= 4 is 11.7 Å². The second-order valence-electron chi connectivity index (χ2n) is 4.46. The van der Waals surface area contributed by atoms with Crippen LogP contribution in [0.25, 0.3) is 0 Å². The molecular weight excluding hydrogens is 247 g/mol. The first-order valence-electron chi connectivity index (χ1n) is 6.51. The Morgan fingerprint density at radius 1 is 1.42 bits per heavy atom. The summed E-state index contributed by atoms with van der Waals surface area (Å²) >= 11 is 0. The van der Waals surface area contributed by atoms with Crippen LogP contribution in [0.5, 0.6) is 0 Å². The molecule has 2 N–H and O–H groups in total. The quantitative estimate of drug-likeness (QED) is 0.833. The van der Waals surface area contributed by atoms with E-state index in [0.717, 1.165) is 12.8 Å². The topological polar surface area (TPSA) is 52.6 Å². The Bertz CT molecular complexity index is 424. The number of amides is 2. The fourth-order valence-corrected chi connectivity index (χ4v) is 1.71. The summed E-state index contributed by atoms with van der Waals surface area (Å²) in [6.07, 6.45) is 1.86. The number of rotatable bonds is 6. The molecular formula is C14H21FN2O2. The molecule has 1 aromatic carbocycles. The lowest BCUT2D eigenvalue weighted by Gasteiger charge is -2.22. The lowest BCUT2D eigenvalue weighted by Crippen LogP contribution is -2.37. The number of aliphatic hydroxyl groups is 1. The molecule has 19 heavy (non-hydrogen) atoms. The standard InChI is InChI=1S/C14H21FN2O2/c1-3-4-7-17(8-9-18)14(19)16-12-5-6-13(15)11(2)10-12/h5-6,10,18H,3-4,7-9H2,1-2H3,(H,16,19). The zero-order chi connectivity index (χ0) is 14.3. The average molecular weight is 268 g/mol. The Morgan fingerprint density at radius 3 is 2.74 bits per heavy atom. The smallest absolute Gasteiger partial charge is 0.321 e. The van der Waals surface area contributed by atoms with E-state index in [9.17, 15) is 9.18 Å². The summed E-state index contributed by atoms with van der Waals surface area (Å²) in [5, 5.41) is 11.7. The van der Waals surface area contributed by atoms with Gasteiger partial charge in [0.25, 0.3) is 0 Å². The molecule has 0 heterocycles. The Labute approximate surface area is 113 Å². The number of halogens is 1. The van der Waals surface area contributed by atoms with E-state index in [-0.39, 0.29) is 18.5 Å². The van der Waals surface area contributed by atoms with Gasteiger partial charge in [0, 0.05) is 18.8 Å². The van der Waals surface area contributed by atoms with Crippen molar-refractivity contribution in [1.82, 2.24) is 4.90 Å². The van der Waals surface area contributed by atoms with Crippen molar-refractivity contribution in [3.8, 4) is 0 Å². The minimum atomic E-state index is -0.295. The van der Waals surface area contributed by atoms with Crippen LogP contribution < -0.4 is 5.32 Å². The highest BCUT2D eigenvalue weighted by Gasteiger charge is 2.12. The predicted molar refractivity (Wildman–Crippen MR) is 73.7 cm³/mol. The molecule has 0 radical (unpaired) electrons. The molecule has 0 aliphatic heterocycles. The van der Waals surface area contributed by atoms with Crippen molar-refractivity contribution in [1.29, 1.82) is 0 Å². The summed E-state index contributed by atoms with van der Waals surface area (Å²) in [6, 6.07) is 4.17. The van der Waals surface area contributed by atoms with Gasteiger partial charge in [-0.25, -0.2) is 9.18 Å². The van der Waals surface area contributed by atoms with E-state index in [2.05, 4.69) is 5.32 Å². The summed E-state index contributed by atoms with van der Waals surface area (Å²) in [5.74, 6) is -0.295. The zero-order valence-electron chi connectivity index (χ0n) is 11.4. The van der Waals surface area contributed by atoms with Gasteiger partial charge in [0.15, 0.2) is 0 Å². The van der Waals surface area contributed by atoms with Crippen LogP contribution in [0.2, 0.25) is 0 Å². The molecule has 4 nitrogen and oxygen atoms in total. The van der Waals surface area contributed by atoms with Crippen molar-refractivity contribution in [3.05, 3.63) is 29.6 Å². The van der Waals surface area contributed by atoms with Gasteiger partial charge in [-0.1, -0.05) is 13.3 Å². The fourth-order valence-electron chi connectivity index (χ4n) is 1.71. The lowest BCUT2D eigenvalue weighted by molar-refractivity contribution is 0.187. The maximum absolute atomic E-state index is 13.1. The zero-order valence-corrected chi connectivity index (χ0v) is 11.4. The molecule has 0 atom stereocenters. The van der Waals surface area contributed by atoms with Crippen molar-refractivity contribution in [3.63, 3.8) is 0 Å². The van der Waals surface area contributed by atoms with E-state index in [1.807, 2.05) is 6.92 Å².